The Kier molecular flexibility index (Phi) is 3.33. The van der Waals surface area contributed by atoms with Crippen molar-refractivity contribution in [3.05, 3.63) is 30.3 Å². The third-order valence-electron chi connectivity index (χ3n) is 1.55. The molecule has 0 heterocycles. The van der Waals surface area contributed by atoms with Crippen LogP contribution >= 0.6 is 0 Å². The monoisotopic (exact) mass is 163 g/mol. The van der Waals surface area contributed by atoms with E-state index in [1.165, 1.54) is 0 Å². The zero-order chi connectivity index (χ0) is 8.81. The predicted molar refractivity (Wildman–Crippen MR) is 50.8 cm³/mol. The average molecular weight is 163 g/mol. The Labute approximate surface area is 72.9 Å². The molecule has 0 radical (unpaired) electrons. The van der Waals surface area contributed by atoms with E-state index in [4.69, 9.17) is 4.74 Å². The number of aliphatic imine (C=N–C) groups is 1. The van der Waals surface area contributed by atoms with E-state index >= 15 is 0 Å². The van der Waals surface area contributed by atoms with Gasteiger partial charge in [-0.05, 0) is 12.1 Å². The second-order valence-electron chi connectivity index (χ2n) is 2.40. The lowest BCUT2D eigenvalue weighted by molar-refractivity contribution is 0.393. The summed E-state index contributed by atoms with van der Waals surface area (Å²) in [5.74, 6) is 0.765. The standard InChI is InChI=1S/C10H13NO/c1-3-10(12-2)11-9-7-5-4-6-8-9/h4-8H,3H2,1-2H3. The molecule has 0 N–H and O–H groups in total. The molecule has 0 amide bonds. The van der Waals surface area contributed by atoms with Crippen LogP contribution in [0.15, 0.2) is 35.3 Å². The third kappa shape index (κ3) is 2.38. The van der Waals surface area contributed by atoms with Crippen molar-refractivity contribution in [1.82, 2.24) is 0 Å². The van der Waals surface area contributed by atoms with Crippen molar-refractivity contribution < 1.29 is 4.74 Å². The van der Waals surface area contributed by atoms with Gasteiger partial charge in [-0.2, -0.15) is 0 Å². The highest BCUT2D eigenvalue weighted by molar-refractivity contribution is 5.78. The van der Waals surface area contributed by atoms with E-state index in [0.717, 1.165) is 18.0 Å². The highest BCUT2D eigenvalue weighted by Crippen LogP contribution is 2.10. The van der Waals surface area contributed by atoms with E-state index in [9.17, 15) is 0 Å². The van der Waals surface area contributed by atoms with E-state index in [1.54, 1.807) is 7.11 Å². The van der Waals surface area contributed by atoms with Gasteiger partial charge in [0.05, 0.1) is 12.8 Å². The maximum atomic E-state index is 5.05. The van der Waals surface area contributed by atoms with E-state index in [0.29, 0.717) is 0 Å². The molecule has 0 aromatic heterocycles. The Morgan fingerprint density at radius 1 is 1.33 bits per heavy atom. The normalized spacial score (nSPS) is 11.3. The van der Waals surface area contributed by atoms with Gasteiger partial charge in [0.25, 0.3) is 0 Å². The summed E-state index contributed by atoms with van der Waals surface area (Å²) in [6, 6.07) is 9.80. The molecule has 0 atom stereocenters. The van der Waals surface area contributed by atoms with Crippen LogP contribution in [0.2, 0.25) is 0 Å². The van der Waals surface area contributed by atoms with Gasteiger partial charge in [0, 0.05) is 6.42 Å². The molecule has 0 aliphatic rings. The van der Waals surface area contributed by atoms with Crippen LogP contribution in [0.1, 0.15) is 13.3 Å². The van der Waals surface area contributed by atoms with Gasteiger partial charge in [0.15, 0.2) is 5.90 Å². The van der Waals surface area contributed by atoms with E-state index < -0.39 is 0 Å². The van der Waals surface area contributed by atoms with Crippen LogP contribution in [0.3, 0.4) is 0 Å². The molecule has 12 heavy (non-hydrogen) atoms. The summed E-state index contributed by atoms with van der Waals surface area (Å²) in [7, 11) is 1.64. The zero-order valence-corrected chi connectivity index (χ0v) is 7.45. The van der Waals surface area contributed by atoms with Gasteiger partial charge in [0.2, 0.25) is 0 Å². The van der Waals surface area contributed by atoms with Crippen LogP contribution in [0.25, 0.3) is 0 Å². The highest BCUT2D eigenvalue weighted by Gasteiger charge is 1.92. The summed E-state index contributed by atoms with van der Waals surface area (Å²) in [6.07, 6.45) is 0.825. The largest absolute Gasteiger partial charge is 0.484 e. The molecular formula is C10H13NO. The minimum atomic E-state index is 0.765. The maximum absolute atomic E-state index is 5.05. The van der Waals surface area contributed by atoms with Gasteiger partial charge in [-0.25, -0.2) is 4.99 Å². The molecule has 1 rings (SSSR count). The first-order chi connectivity index (χ1) is 5.86. The van der Waals surface area contributed by atoms with E-state index in [2.05, 4.69) is 4.99 Å². The van der Waals surface area contributed by atoms with Crippen LogP contribution in [-0.4, -0.2) is 13.0 Å². The quantitative estimate of drug-likeness (QED) is 0.485. The second kappa shape index (κ2) is 4.54. The van der Waals surface area contributed by atoms with Crippen LogP contribution in [-0.2, 0) is 4.74 Å². The minimum absolute atomic E-state index is 0.765. The second-order valence-corrected chi connectivity index (χ2v) is 2.40. The van der Waals surface area contributed by atoms with Crippen LogP contribution in [0.4, 0.5) is 5.69 Å². The molecule has 2 heteroatoms. The number of ether oxygens (including phenoxy) is 1. The Morgan fingerprint density at radius 3 is 2.50 bits per heavy atom. The number of benzene rings is 1. The number of hydrogen-bond acceptors (Lipinski definition) is 2. The number of nitrogens with zero attached hydrogens (tertiary/aromatic N) is 1. The summed E-state index contributed by atoms with van der Waals surface area (Å²) < 4.78 is 5.05. The molecule has 0 saturated carbocycles. The number of methoxy groups -OCH3 is 1. The lowest BCUT2D eigenvalue weighted by Crippen LogP contribution is -1.97. The lowest BCUT2D eigenvalue weighted by atomic mass is 10.3. The van der Waals surface area contributed by atoms with Crippen molar-refractivity contribution in [3.63, 3.8) is 0 Å². The molecule has 1 aromatic carbocycles. The van der Waals surface area contributed by atoms with Crippen molar-refractivity contribution in [1.29, 1.82) is 0 Å². The smallest absolute Gasteiger partial charge is 0.187 e. The fourth-order valence-electron chi connectivity index (χ4n) is 0.916. The highest BCUT2D eigenvalue weighted by atomic mass is 16.5. The molecular weight excluding hydrogens is 150 g/mol. The van der Waals surface area contributed by atoms with Crippen LogP contribution in [0, 0.1) is 0 Å². The summed E-state index contributed by atoms with van der Waals surface area (Å²) in [5, 5.41) is 0. The molecule has 0 fully saturated rings. The molecule has 2 nitrogen and oxygen atoms in total. The lowest BCUT2D eigenvalue weighted by Gasteiger charge is -2.00. The summed E-state index contributed by atoms with van der Waals surface area (Å²) in [6.45, 7) is 2.02. The fourth-order valence-corrected chi connectivity index (χ4v) is 0.916. The number of para-hydroxylation sites is 1. The average Bonchev–Trinajstić information content (AvgIpc) is 2.16. The molecule has 0 aliphatic carbocycles. The van der Waals surface area contributed by atoms with Crippen LogP contribution in [0.5, 0.6) is 0 Å². The topological polar surface area (TPSA) is 21.6 Å². The Hall–Kier alpha value is -1.31. The molecule has 0 unspecified atom stereocenters. The van der Waals surface area contributed by atoms with Gasteiger partial charge in [0.1, 0.15) is 0 Å². The van der Waals surface area contributed by atoms with Crippen molar-refractivity contribution in [2.75, 3.05) is 7.11 Å². The number of rotatable bonds is 2. The predicted octanol–water partition coefficient (Wildman–Crippen LogP) is 2.77. The first kappa shape index (κ1) is 8.78. The molecule has 1 aromatic rings. The van der Waals surface area contributed by atoms with Crippen LogP contribution < -0.4 is 0 Å². The SMILES string of the molecule is CCC(=Nc1ccccc1)OC. The van der Waals surface area contributed by atoms with Crippen molar-refractivity contribution in [2.24, 2.45) is 4.99 Å². The zero-order valence-electron chi connectivity index (χ0n) is 7.45. The van der Waals surface area contributed by atoms with Crippen molar-refractivity contribution in [3.8, 4) is 0 Å². The molecule has 0 aliphatic heterocycles. The fraction of sp³-hybridized carbons (Fsp3) is 0.300. The minimum Gasteiger partial charge on any atom is -0.484 e. The molecule has 0 saturated heterocycles. The Balaban J connectivity index is 2.79. The van der Waals surface area contributed by atoms with Gasteiger partial charge in [-0.15, -0.1) is 0 Å². The van der Waals surface area contributed by atoms with Gasteiger partial charge in [-0.1, -0.05) is 25.1 Å². The van der Waals surface area contributed by atoms with Gasteiger partial charge in [-0.3, -0.25) is 0 Å². The van der Waals surface area contributed by atoms with Gasteiger partial charge >= 0.3 is 0 Å². The Bertz CT molecular complexity index is 248. The molecule has 0 bridgehead atoms. The molecule has 0 spiro atoms. The Morgan fingerprint density at radius 2 is 2.00 bits per heavy atom. The first-order valence-corrected chi connectivity index (χ1v) is 4.03. The molecule has 64 valence electrons. The van der Waals surface area contributed by atoms with Gasteiger partial charge < -0.3 is 4.74 Å². The van der Waals surface area contributed by atoms with Crippen molar-refractivity contribution in [2.45, 2.75) is 13.3 Å². The summed E-state index contributed by atoms with van der Waals surface area (Å²) in [5.41, 5.74) is 0.941. The number of hydrogen-bond donors (Lipinski definition) is 0. The summed E-state index contributed by atoms with van der Waals surface area (Å²) in [4.78, 5) is 4.29. The third-order valence-corrected chi connectivity index (χ3v) is 1.55. The maximum Gasteiger partial charge on any atom is 0.187 e. The first-order valence-electron chi connectivity index (χ1n) is 4.03. The summed E-state index contributed by atoms with van der Waals surface area (Å²) >= 11 is 0. The van der Waals surface area contributed by atoms with Crippen molar-refractivity contribution >= 4 is 11.6 Å². The van der Waals surface area contributed by atoms with E-state index in [1.807, 2.05) is 37.3 Å². The van der Waals surface area contributed by atoms with E-state index in [-0.39, 0.29) is 0 Å².